The molecular weight excluding hydrogens is 505 g/mol. The molecule has 2 aromatic rings. The maximum Gasteiger partial charge on any atom is 0.421 e. The van der Waals surface area contributed by atoms with E-state index in [-0.39, 0.29) is 41.4 Å². The van der Waals surface area contributed by atoms with E-state index in [1.165, 1.54) is 28.6 Å². The van der Waals surface area contributed by atoms with E-state index in [4.69, 9.17) is 0 Å². The molecule has 1 amide bonds. The second-order valence-corrected chi connectivity index (χ2v) is 12.0. The van der Waals surface area contributed by atoms with Crippen molar-refractivity contribution in [2.24, 2.45) is 0 Å². The Balaban J connectivity index is 1.59. The lowest BCUT2D eigenvalue weighted by Crippen LogP contribution is -2.60. The average molecular weight is 533 g/mol. The number of benzene rings is 1. The molecule has 8 nitrogen and oxygen atoms in total. The van der Waals surface area contributed by atoms with Crippen molar-refractivity contribution in [3.8, 4) is 0 Å². The number of rotatable bonds is 6. The van der Waals surface area contributed by atoms with Crippen LogP contribution in [0.25, 0.3) is 0 Å². The number of hydrogen-bond donors (Lipinski definition) is 2. The molecule has 192 valence electrons. The number of carbonyl (C=O) groups is 1. The third-order valence-electron chi connectivity index (χ3n) is 6.43. The molecule has 0 unspecified atom stereocenters. The molecule has 35 heavy (non-hydrogen) atoms. The molecule has 2 fully saturated rings. The van der Waals surface area contributed by atoms with Gasteiger partial charge in [0.15, 0.2) is 5.60 Å². The molecule has 1 aromatic carbocycles. The van der Waals surface area contributed by atoms with Crippen molar-refractivity contribution in [2.45, 2.75) is 29.0 Å². The fraction of sp³-hybridized carbons (Fsp3) is 0.500. The van der Waals surface area contributed by atoms with Gasteiger partial charge >= 0.3 is 6.18 Å². The maximum atomic E-state index is 13.2. The first kappa shape index (κ1) is 25.9. The van der Waals surface area contributed by atoms with Crippen LogP contribution in [0.1, 0.15) is 12.5 Å². The van der Waals surface area contributed by atoms with E-state index in [0.717, 1.165) is 11.3 Å². The highest BCUT2D eigenvalue weighted by Crippen LogP contribution is 2.39. The van der Waals surface area contributed by atoms with Gasteiger partial charge in [0.05, 0.1) is 12.6 Å². The molecule has 2 aliphatic rings. The van der Waals surface area contributed by atoms with Crippen molar-refractivity contribution < 1.29 is 31.5 Å². The number of thiophene rings is 1. The van der Waals surface area contributed by atoms with Gasteiger partial charge in [0.25, 0.3) is 10.0 Å². The number of nitrogens with one attached hydrogen (secondary N) is 1. The van der Waals surface area contributed by atoms with Crippen LogP contribution in [0.15, 0.2) is 46.0 Å². The Morgan fingerprint density at radius 1 is 1.14 bits per heavy atom. The van der Waals surface area contributed by atoms with Crippen molar-refractivity contribution in [1.82, 2.24) is 14.5 Å². The van der Waals surface area contributed by atoms with Gasteiger partial charge in [0, 0.05) is 45.0 Å². The third kappa shape index (κ3) is 5.33. The fourth-order valence-electron chi connectivity index (χ4n) is 4.37. The zero-order chi connectivity index (χ0) is 25.4. The van der Waals surface area contributed by atoms with Gasteiger partial charge in [-0.2, -0.15) is 17.5 Å². The van der Waals surface area contributed by atoms with Crippen LogP contribution in [-0.4, -0.2) is 86.7 Å². The SMILES string of the molecule is C[C@](O)(c1ccc(N2CCN(S(=O)(=O)c3cccs3)C[C@@H]2CN2CCNC(=O)C2)cc1)C(F)(F)F. The third-order valence-corrected chi connectivity index (χ3v) is 9.67. The Morgan fingerprint density at radius 2 is 1.86 bits per heavy atom. The molecule has 1 aromatic heterocycles. The van der Waals surface area contributed by atoms with Gasteiger partial charge < -0.3 is 15.3 Å². The summed E-state index contributed by atoms with van der Waals surface area (Å²) in [6, 6.07) is 8.39. The van der Waals surface area contributed by atoms with Gasteiger partial charge in [-0.25, -0.2) is 8.42 Å². The van der Waals surface area contributed by atoms with E-state index in [1.807, 2.05) is 9.80 Å². The molecule has 2 saturated heterocycles. The topological polar surface area (TPSA) is 93.2 Å². The van der Waals surface area contributed by atoms with Gasteiger partial charge in [-0.15, -0.1) is 11.3 Å². The first-order chi connectivity index (χ1) is 16.4. The van der Waals surface area contributed by atoms with Crippen LogP contribution >= 0.6 is 11.3 Å². The van der Waals surface area contributed by atoms with Crippen LogP contribution in [-0.2, 0) is 20.4 Å². The van der Waals surface area contributed by atoms with Crippen LogP contribution < -0.4 is 10.2 Å². The number of carbonyl (C=O) groups excluding carboxylic acids is 1. The summed E-state index contributed by atoms with van der Waals surface area (Å²) >= 11 is 1.14. The van der Waals surface area contributed by atoms with Gasteiger partial charge in [0.1, 0.15) is 4.21 Å². The maximum absolute atomic E-state index is 13.2. The molecule has 13 heteroatoms. The normalized spacial score (nSPS) is 22.6. The highest BCUT2D eigenvalue weighted by molar-refractivity contribution is 7.91. The number of amides is 1. The molecule has 0 saturated carbocycles. The molecule has 0 radical (unpaired) electrons. The number of alkyl halides is 3. The molecular formula is C22H27F3N4O4S2. The zero-order valence-corrected chi connectivity index (χ0v) is 20.7. The van der Waals surface area contributed by atoms with Crippen LogP contribution in [0, 0.1) is 0 Å². The summed E-state index contributed by atoms with van der Waals surface area (Å²) in [4.78, 5) is 15.8. The monoisotopic (exact) mass is 532 g/mol. The molecule has 4 rings (SSSR count). The van der Waals surface area contributed by atoms with Crippen molar-refractivity contribution in [2.75, 3.05) is 50.7 Å². The van der Waals surface area contributed by atoms with Crippen molar-refractivity contribution in [3.05, 3.63) is 47.3 Å². The first-order valence-corrected chi connectivity index (χ1v) is 13.4. The smallest absolute Gasteiger partial charge is 0.376 e. The zero-order valence-electron chi connectivity index (χ0n) is 19.0. The number of piperazine rings is 2. The van der Waals surface area contributed by atoms with Crippen molar-refractivity contribution in [3.63, 3.8) is 0 Å². The highest BCUT2D eigenvalue weighted by Gasteiger charge is 2.51. The number of sulfonamides is 1. The summed E-state index contributed by atoms with van der Waals surface area (Å²) in [7, 11) is -3.68. The van der Waals surface area contributed by atoms with E-state index < -0.39 is 21.8 Å². The number of hydrogen-bond acceptors (Lipinski definition) is 7. The number of aliphatic hydroxyl groups is 1. The largest absolute Gasteiger partial charge is 0.421 e. The Kier molecular flexibility index (Phi) is 7.17. The lowest BCUT2D eigenvalue weighted by atomic mass is 9.95. The Bertz CT molecular complexity index is 1140. The predicted octanol–water partition coefficient (Wildman–Crippen LogP) is 1.83. The van der Waals surface area contributed by atoms with E-state index in [1.54, 1.807) is 17.5 Å². The lowest BCUT2D eigenvalue weighted by molar-refractivity contribution is -0.258. The molecule has 0 spiro atoms. The second-order valence-electron chi connectivity index (χ2n) is 8.84. The van der Waals surface area contributed by atoms with Crippen molar-refractivity contribution in [1.29, 1.82) is 0 Å². The number of halogens is 3. The first-order valence-electron chi connectivity index (χ1n) is 11.1. The molecule has 3 heterocycles. The highest BCUT2D eigenvalue weighted by atomic mass is 32.2. The summed E-state index contributed by atoms with van der Waals surface area (Å²) in [5, 5.41) is 14.4. The van der Waals surface area contributed by atoms with E-state index in [2.05, 4.69) is 5.32 Å². The Labute approximate surface area is 206 Å². The van der Waals surface area contributed by atoms with Crippen molar-refractivity contribution >= 4 is 33.0 Å². The van der Waals surface area contributed by atoms with Gasteiger partial charge in [-0.3, -0.25) is 9.69 Å². The van der Waals surface area contributed by atoms with E-state index in [0.29, 0.717) is 38.8 Å². The molecule has 2 aliphatic heterocycles. The summed E-state index contributed by atoms with van der Waals surface area (Å²) in [5.74, 6) is -0.111. The predicted molar refractivity (Wildman–Crippen MR) is 126 cm³/mol. The van der Waals surface area contributed by atoms with Crippen LogP contribution in [0.5, 0.6) is 0 Å². The average Bonchev–Trinajstić information content (AvgIpc) is 3.34. The lowest BCUT2D eigenvalue weighted by Gasteiger charge is -2.44. The van der Waals surface area contributed by atoms with Gasteiger partial charge in [-0.1, -0.05) is 18.2 Å². The minimum Gasteiger partial charge on any atom is -0.376 e. The molecule has 2 N–H and O–H groups in total. The van der Waals surface area contributed by atoms with E-state index >= 15 is 0 Å². The summed E-state index contributed by atoms with van der Waals surface area (Å²) in [5.41, 5.74) is -2.65. The fourth-order valence-corrected chi connectivity index (χ4v) is 6.98. The summed E-state index contributed by atoms with van der Waals surface area (Å²) < 4.78 is 67.7. The minimum atomic E-state index is -4.83. The second kappa shape index (κ2) is 9.69. The van der Waals surface area contributed by atoms with Crippen LogP contribution in [0.3, 0.4) is 0 Å². The summed E-state index contributed by atoms with van der Waals surface area (Å²) in [6.45, 7) is 3.11. The molecule has 0 bridgehead atoms. The standard InChI is InChI=1S/C22H27F3N4O4S2/c1-21(31,22(23,24)25)16-4-6-17(7-5-16)29-11-10-28(35(32,33)20-3-2-12-34-20)14-18(29)13-27-9-8-26-19(30)15-27/h2-7,12,18,31H,8-11,13-15H2,1H3,(H,26,30)/t18-,21-/m0/s1. The van der Waals surface area contributed by atoms with Gasteiger partial charge in [0.2, 0.25) is 5.91 Å². The van der Waals surface area contributed by atoms with Crippen LogP contribution in [0.2, 0.25) is 0 Å². The number of nitrogens with zero attached hydrogens (tertiary/aromatic N) is 3. The Hall–Kier alpha value is -2.19. The Morgan fingerprint density at radius 3 is 2.46 bits per heavy atom. The molecule has 0 aliphatic carbocycles. The quantitative estimate of drug-likeness (QED) is 0.590. The van der Waals surface area contributed by atoms with E-state index in [9.17, 15) is 31.5 Å². The van der Waals surface area contributed by atoms with Crippen LogP contribution in [0.4, 0.5) is 18.9 Å². The number of anilines is 1. The van der Waals surface area contributed by atoms with Gasteiger partial charge in [-0.05, 0) is 36.1 Å². The molecule has 2 atom stereocenters. The minimum absolute atomic E-state index is 0.111. The summed E-state index contributed by atoms with van der Waals surface area (Å²) in [6.07, 6.45) is -4.83.